The lowest BCUT2D eigenvalue weighted by Crippen LogP contribution is -2.32. The summed E-state index contributed by atoms with van der Waals surface area (Å²) >= 11 is 0. The van der Waals surface area contributed by atoms with Crippen molar-refractivity contribution in [1.82, 2.24) is 5.43 Å². The highest BCUT2D eigenvalue weighted by Gasteiger charge is 2.37. The summed E-state index contributed by atoms with van der Waals surface area (Å²) in [6.07, 6.45) is -4.57. The van der Waals surface area contributed by atoms with Gasteiger partial charge in [0.1, 0.15) is 0 Å². The van der Waals surface area contributed by atoms with Gasteiger partial charge >= 0.3 is 6.18 Å². The number of aryl methyl sites for hydroxylation is 1. The van der Waals surface area contributed by atoms with Crippen LogP contribution in [0, 0.1) is 13.8 Å². The maximum atomic E-state index is 12.8. The van der Waals surface area contributed by atoms with E-state index >= 15 is 0 Å². The molecule has 6 heteroatoms. The van der Waals surface area contributed by atoms with Crippen molar-refractivity contribution in [3.63, 3.8) is 0 Å². The number of carbonyl (C=O) groups is 1. The normalized spacial score (nSPS) is 11.4. The van der Waals surface area contributed by atoms with Gasteiger partial charge in [0, 0.05) is 0 Å². The lowest BCUT2D eigenvalue weighted by molar-refractivity contribution is -0.138. The van der Waals surface area contributed by atoms with Crippen molar-refractivity contribution < 1.29 is 18.0 Å². The molecular formula is C10H11F3N2O. The van der Waals surface area contributed by atoms with Gasteiger partial charge in [-0.15, -0.1) is 0 Å². The SMILES string of the molecule is Cc1ccc(C(=O)NN)c(C(F)(F)F)c1C. The number of nitrogen functional groups attached to an aromatic ring is 1. The minimum Gasteiger partial charge on any atom is -0.290 e. The zero-order chi connectivity index (χ0) is 12.5. The highest BCUT2D eigenvalue weighted by Crippen LogP contribution is 2.35. The smallest absolute Gasteiger partial charge is 0.290 e. The van der Waals surface area contributed by atoms with E-state index in [1.165, 1.54) is 13.0 Å². The summed E-state index contributed by atoms with van der Waals surface area (Å²) in [7, 11) is 0. The molecule has 0 saturated carbocycles. The van der Waals surface area contributed by atoms with Gasteiger partial charge in [-0.25, -0.2) is 5.84 Å². The highest BCUT2D eigenvalue weighted by molar-refractivity contribution is 5.96. The monoisotopic (exact) mass is 232 g/mol. The van der Waals surface area contributed by atoms with Gasteiger partial charge < -0.3 is 0 Å². The number of amides is 1. The second kappa shape index (κ2) is 4.13. The van der Waals surface area contributed by atoms with E-state index in [4.69, 9.17) is 5.84 Å². The number of halogens is 3. The molecule has 1 aromatic carbocycles. The van der Waals surface area contributed by atoms with Gasteiger partial charge in [-0.3, -0.25) is 10.2 Å². The first kappa shape index (κ1) is 12.5. The van der Waals surface area contributed by atoms with Gasteiger partial charge in [0.25, 0.3) is 5.91 Å². The van der Waals surface area contributed by atoms with Crippen LogP contribution in [0.25, 0.3) is 0 Å². The van der Waals surface area contributed by atoms with Crippen molar-refractivity contribution in [2.75, 3.05) is 0 Å². The predicted octanol–water partition coefficient (Wildman–Crippen LogP) is 1.93. The Morgan fingerprint density at radius 1 is 1.31 bits per heavy atom. The van der Waals surface area contributed by atoms with Crippen molar-refractivity contribution in [3.05, 3.63) is 34.4 Å². The van der Waals surface area contributed by atoms with E-state index in [1.807, 2.05) is 0 Å². The number of rotatable bonds is 1. The molecular weight excluding hydrogens is 221 g/mol. The van der Waals surface area contributed by atoms with E-state index in [1.54, 1.807) is 12.3 Å². The minimum atomic E-state index is -4.57. The minimum absolute atomic E-state index is 0.0357. The molecule has 1 rings (SSSR count). The number of hydrazine groups is 1. The summed E-state index contributed by atoms with van der Waals surface area (Å²) in [5, 5.41) is 0. The third-order valence-corrected chi connectivity index (χ3v) is 2.40. The third-order valence-electron chi connectivity index (χ3n) is 2.40. The Labute approximate surface area is 90.4 Å². The molecule has 3 N–H and O–H groups in total. The number of nitrogens with two attached hydrogens (primary N) is 1. The summed E-state index contributed by atoms with van der Waals surface area (Å²) in [4.78, 5) is 11.2. The second-order valence-electron chi connectivity index (χ2n) is 3.40. The topological polar surface area (TPSA) is 55.1 Å². The molecule has 0 spiro atoms. The van der Waals surface area contributed by atoms with Crippen LogP contribution in [0.15, 0.2) is 12.1 Å². The van der Waals surface area contributed by atoms with Crippen LogP contribution in [0.1, 0.15) is 27.0 Å². The predicted molar refractivity (Wildman–Crippen MR) is 52.6 cm³/mol. The van der Waals surface area contributed by atoms with E-state index < -0.39 is 23.2 Å². The van der Waals surface area contributed by atoms with E-state index in [2.05, 4.69) is 0 Å². The molecule has 0 bridgehead atoms. The standard InChI is InChI=1S/C10H11F3N2O/c1-5-3-4-7(9(16)15-14)8(6(5)2)10(11,12)13/h3-4H,14H2,1-2H3,(H,15,16). The summed E-state index contributed by atoms with van der Waals surface area (Å²) in [5.74, 6) is 3.89. The van der Waals surface area contributed by atoms with Gasteiger partial charge in [0.2, 0.25) is 0 Å². The maximum Gasteiger partial charge on any atom is 0.417 e. The molecule has 0 aromatic heterocycles. The Morgan fingerprint density at radius 3 is 2.31 bits per heavy atom. The Balaban J connectivity index is 3.52. The summed E-state index contributed by atoms with van der Waals surface area (Å²) in [6, 6.07) is 2.57. The molecule has 0 unspecified atom stereocenters. The van der Waals surface area contributed by atoms with Crippen molar-refractivity contribution in [2.45, 2.75) is 20.0 Å². The van der Waals surface area contributed by atoms with Crippen LogP contribution in [-0.4, -0.2) is 5.91 Å². The molecule has 3 nitrogen and oxygen atoms in total. The summed E-state index contributed by atoms with van der Waals surface area (Å²) in [6.45, 7) is 2.88. The summed E-state index contributed by atoms with van der Waals surface area (Å²) in [5.41, 5.74) is 0.815. The first-order valence-corrected chi connectivity index (χ1v) is 4.47. The number of alkyl halides is 3. The lowest BCUT2D eigenvalue weighted by Gasteiger charge is -2.16. The molecule has 0 fully saturated rings. The van der Waals surface area contributed by atoms with Crippen LogP contribution in [0.2, 0.25) is 0 Å². The molecule has 0 saturated heterocycles. The third kappa shape index (κ3) is 2.16. The molecule has 16 heavy (non-hydrogen) atoms. The number of nitrogens with one attached hydrogen (secondary N) is 1. The van der Waals surface area contributed by atoms with Gasteiger partial charge in [-0.05, 0) is 31.0 Å². The molecule has 0 atom stereocenters. The molecule has 1 aromatic rings. The molecule has 0 heterocycles. The number of carbonyl (C=O) groups excluding carboxylic acids is 1. The Morgan fingerprint density at radius 2 is 1.88 bits per heavy atom. The van der Waals surface area contributed by atoms with E-state index in [9.17, 15) is 18.0 Å². The van der Waals surface area contributed by atoms with E-state index in [0.29, 0.717) is 5.56 Å². The first-order valence-electron chi connectivity index (χ1n) is 4.47. The van der Waals surface area contributed by atoms with Gasteiger partial charge in [0.15, 0.2) is 0 Å². The van der Waals surface area contributed by atoms with Crippen LogP contribution < -0.4 is 11.3 Å². The van der Waals surface area contributed by atoms with Crippen LogP contribution >= 0.6 is 0 Å². The number of hydrogen-bond acceptors (Lipinski definition) is 2. The number of benzene rings is 1. The fourth-order valence-electron chi connectivity index (χ4n) is 1.45. The maximum absolute atomic E-state index is 12.8. The van der Waals surface area contributed by atoms with Crippen molar-refractivity contribution >= 4 is 5.91 Å². The largest absolute Gasteiger partial charge is 0.417 e. The Kier molecular flexibility index (Phi) is 3.23. The molecule has 0 aliphatic rings. The van der Waals surface area contributed by atoms with Crippen molar-refractivity contribution in [2.24, 2.45) is 5.84 Å². The first-order chi connectivity index (χ1) is 7.29. The highest BCUT2D eigenvalue weighted by atomic mass is 19.4. The van der Waals surface area contributed by atoms with Crippen molar-refractivity contribution in [3.8, 4) is 0 Å². The van der Waals surface area contributed by atoms with Gasteiger partial charge in [0.05, 0.1) is 11.1 Å². The van der Waals surface area contributed by atoms with Crippen LogP contribution in [-0.2, 0) is 6.18 Å². The van der Waals surface area contributed by atoms with Crippen molar-refractivity contribution in [1.29, 1.82) is 0 Å². The van der Waals surface area contributed by atoms with Gasteiger partial charge in [-0.1, -0.05) is 6.07 Å². The molecule has 1 amide bonds. The second-order valence-corrected chi connectivity index (χ2v) is 3.40. The Hall–Kier alpha value is -1.56. The van der Waals surface area contributed by atoms with Crippen LogP contribution in [0.5, 0.6) is 0 Å². The Bertz CT molecular complexity index is 427. The van der Waals surface area contributed by atoms with Gasteiger partial charge in [-0.2, -0.15) is 13.2 Å². The summed E-state index contributed by atoms with van der Waals surface area (Å²) < 4.78 is 38.3. The molecule has 0 radical (unpaired) electrons. The fraction of sp³-hybridized carbons (Fsp3) is 0.300. The quantitative estimate of drug-likeness (QED) is 0.441. The average Bonchev–Trinajstić information content (AvgIpc) is 2.18. The molecule has 0 aliphatic heterocycles. The molecule has 0 aliphatic carbocycles. The van der Waals surface area contributed by atoms with Crippen LogP contribution in [0.3, 0.4) is 0 Å². The zero-order valence-electron chi connectivity index (χ0n) is 8.77. The zero-order valence-corrected chi connectivity index (χ0v) is 8.77. The average molecular weight is 232 g/mol. The fourth-order valence-corrected chi connectivity index (χ4v) is 1.45. The van der Waals surface area contributed by atoms with Crippen LogP contribution in [0.4, 0.5) is 13.2 Å². The molecule has 88 valence electrons. The lowest BCUT2D eigenvalue weighted by atomic mass is 9.97. The van der Waals surface area contributed by atoms with E-state index in [-0.39, 0.29) is 5.56 Å². The van der Waals surface area contributed by atoms with E-state index in [0.717, 1.165) is 6.07 Å². The number of hydrogen-bond donors (Lipinski definition) is 2.